The zero-order valence-electron chi connectivity index (χ0n) is 19.8. The molecule has 12 heteroatoms. The second-order valence-corrected chi connectivity index (χ2v) is 8.27. The molecule has 0 saturated heterocycles. The molecule has 0 aliphatic carbocycles. The monoisotopic (exact) mass is 483 g/mol. The van der Waals surface area contributed by atoms with Crippen molar-refractivity contribution in [2.75, 3.05) is 25.6 Å². The topological polar surface area (TPSA) is 147 Å². The number of hydrogen-bond acceptors (Lipinski definition) is 9. The molecule has 1 amide bonds. The highest BCUT2D eigenvalue weighted by Gasteiger charge is 2.20. The maximum atomic E-state index is 14.7. The molecule has 0 atom stereocenters. The van der Waals surface area contributed by atoms with Crippen LogP contribution in [-0.4, -0.2) is 52.1 Å². The van der Waals surface area contributed by atoms with Gasteiger partial charge in [0.25, 0.3) is 0 Å². The first-order valence-electron chi connectivity index (χ1n) is 10.7. The molecular weight excluding hydrogens is 457 g/mol. The van der Waals surface area contributed by atoms with Crippen molar-refractivity contribution in [3.63, 3.8) is 0 Å². The Balaban J connectivity index is 1.70. The van der Waals surface area contributed by atoms with E-state index in [2.05, 4.69) is 30.8 Å². The molecule has 2 heterocycles. The number of H-pyrrole nitrogens is 1. The number of hydrogen-bond donors (Lipinski definition) is 3. The normalized spacial score (nSPS) is 10.9. The summed E-state index contributed by atoms with van der Waals surface area (Å²) in [5.41, 5.74) is 0.376. The first-order valence-corrected chi connectivity index (χ1v) is 10.7. The number of nitrogens with zero attached hydrogens (tertiary/aromatic N) is 4. The van der Waals surface area contributed by atoms with Crippen molar-refractivity contribution in [3.05, 3.63) is 42.1 Å². The van der Waals surface area contributed by atoms with Gasteiger partial charge in [-0.1, -0.05) is 0 Å². The van der Waals surface area contributed by atoms with Crippen LogP contribution in [0.15, 0.2) is 30.6 Å². The fourth-order valence-corrected chi connectivity index (χ4v) is 2.95. The van der Waals surface area contributed by atoms with Crippen LogP contribution in [0, 0.1) is 17.1 Å². The van der Waals surface area contributed by atoms with Gasteiger partial charge in [0.2, 0.25) is 0 Å². The molecule has 1 aromatic carbocycles. The number of aromatic nitrogens is 4. The summed E-state index contributed by atoms with van der Waals surface area (Å²) in [4.78, 5) is 19.8. The van der Waals surface area contributed by atoms with Crippen molar-refractivity contribution < 1.29 is 23.4 Å². The number of ether oxygens (including phenoxy) is 3. The van der Waals surface area contributed by atoms with Crippen molar-refractivity contribution in [1.29, 1.82) is 5.26 Å². The second-order valence-electron chi connectivity index (χ2n) is 8.27. The minimum Gasteiger partial charge on any atom is -0.496 e. The Kier molecular flexibility index (Phi) is 8.04. The summed E-state index contributed by atoms with van der Waals surface area (Å²) in [5.74, 6) is 0.541. The predicted octanol–water partition coefficient (Wildman–Crippen LogP) is 3.92. The lowest BCUT2D eigenvalue weighted by molar-refractivity contribution is 0.0525. The highest BCUT2D eigenvalue weighted by Crippen LogP contribution is 2.40. The zero-order chi connectivity index (χ0) is 25.4. The van der Waals surface area contributed by atoms with Gasteiger partial charge in [0.1, 0.15) is 23.2 Å². The zero-order valence-corrected chi connectivity index (χ0v) is 19.8. The highest BCUT2D eigenvalue weighted by atomic mass is 19.1. The molecule has 3 rings (SSSR count). The summed E-state index contributed by atoms with van der Waals surface area (Å²) < 4.78 is 31.1. The molecule has 0 radical (unpaired) electrons. The molecule has 0 spiro atoms. The van der Waals surface area contributed by atoms with Crippen LogP contribution in [0.5, 0.6) is 11.5 Å². The maximum absolute atomic E-state index is 14.7. The summed E-state index contributed by atoms with van der Waals surface area (Å²) in [7, 11) is 1.47. The molecule has 2 aromatic heterocycles. The van der Waals surface area contributed by atoms with Crippen LogP contribution in [0.3, 0.4) is 0 Å². The molecule has 35 heavy (non-hydrogen) atoms. The first-order chi connectivity index (χ1) is 16.7. The fourth-order valence-electron chi connectivity index (χ4n) is 2.95. The molecule has 0 aliphatic rings. The Hall–Kier alpha value is -4.40. The molecule has 0 saturated carbocycles. The molecule has 0 fully saturated rings. The van der Waals surface area contributed by atoms with E-state index in [1.165, 1.54) is 31.6 Å². The number of anilines is 2. The highest BCUT2D eigenvalue weighted by molar-refractivity contribution is 5.76. The maximum Gasteiger partial charge on any atom is 0.407 e. The van der Waals surface area contributed by atoms with Gasteiger partial charge in [0.15, 0.2) is 23.1 Å². The lowest BCUT2D eigenvalue weighted by atomic mass is 10.1. The lowest BCUT2D eigenvalue weighted by Gasteiger charge is -2.19. The van der Waals surface area contributed by atoms with Crippen LogP contribution in [0.2, 0.25) is 0 Å². The van der Waals surface area contributed by atoms with Gasteiger partial charge in [-0.3, -0.25) is 5.10 Å². The Morgan fingerprint density at radius 3 is 2.69 bits per heavy atom. The summed E-state index contributed by atoms with van der Waals surface area (Å²) in [6, 6.07) is 6.26. The SMILES string of the molecule is COc1ccc(F)c(OCCCNC(=O)OC(C)(C)C)c1-c1cc(Nc2cnc(C#N)cn2)n[nH]1. The Bertz CT molecular complexity index is 1200. The summed E-state index contributed by atoms with van der Waals surface area (Å²) in [6.45, 7) is 5.75. The predicted molar refractivity (Wildman–Crippen MR) is 125 cm³/mol. The lowest BCUT2D eigenvalue weighted by Crippen LogP contribution is -2.33. The molecule has 3 N–H and O–H groups in total. The second kappa shape index (κ2) is 11.1. The van der Waals surface area contributed by atoms with Crippen molar-refractivity contribution in [2.24, 2.45) is 0 Å². The van der Waals surface area contributed by atoms with E-state index in [0.29, 0.717) is 41.6 Å². The van der Waals surface area contributed by atoms with E-state index in [1.54, 1.807) is 26.8 Å². The summed E-state index contributed by atoms with van der Waals surface area (Å²) in [5, 5.41) is 21.4. The van der Waals surface area contributed by atoms with Gasteiger partial charge >= 0.3 is 6.09 Å². The summed E-state index contributed by atoms with van der Waals surface area (Å²) in [6.07, 6.45) is 2.61. The van der Waals surface area contributed by atoms with Gasteiger partial charge in [-0.15, -0.1) is 0 Å². The average molecular weight is 484 g/mol. The van der Waals surface area contributed by atoms with E-state index in [0.717, 1.165) is 0 Å². The Labute approximate surface area is 201 Å². The van der Waals surface area contributed by atoms with E-state index in [-0.39, 0.29) is 18.1 Å². The van der Waals surface area contributed by atoms with Crippen LogP contribution in [0.4, 0.5) is 20.8 Å². The van der Waals surface area contributed by atoms with Gasteiger partial charge in [0.05, 0.1) is 37.4 Å². The molecule has 0 aliphatic heterocycles. The number of carbonyl (C=O) groups is 1. The van der Waals surface area contributed by atoms with E-state index < -0.39 is 17.5 Å². The first kappa shape index (κ1) is 25.2. The van der Waals surface area contributed by atoms with Crippen molar-refractivity contribution >= 4 is 17.7 Å². The van der Waals surface area contributed by atoms with Gasteiger partial charge in [-0.05, 0) is 39.3 Å². The van der Waals surface area contributed by atoms with E-state index in [1.807, 2.05) is 6.07 Å². The number of alkyl carbamates (subject to hydrolysis) is 1. The minimum absolute atomic E-state index is 0.0185. The van der Waals surface area contributed by atoms with Gasteiger partial charge in [-0.25, -0.2) is 19.2 Å². The third kappa shape index (κ3) is 7.04. The van der Waals surface area contributed by atoms with Gasteiger partial charge < -0.3 is 24.8 Å². The molecule has 3 aromatic rings. The Morgan fingerprint density at radius 1 is 1.23 bits per heavy atom. The quantitative estimate of drug-likeness (QED) is 0.385. The van der Waals surface area contributed by atoms with Gasteiger partial charge in [-0.2, -0.15) is 10.4 Å². The van der Waals surface area contributed by atoms with Crippen molar-refractivity contribution in [1.82, 2.24) is 25.5 Å². The van der Waals surface area contributed by atoms with Crippen LogP contribution in [0.25, 0.3) is 11.3 Å². The number of methoxy groups -OCH3 is 1. The molecule has 0 bridgehead atoms. The fraction of sp³-hybridized carbons (Fsp3) is 0.348. The van der Waals surface area contributed by atoms with Crippen LogP contribution in [0.1, 0.15) is 32.9 Å². The number of aromatic amines is 1. The average Bonchev–Trinajstić information content (AvgIpc) is 3.27. The van der Waals surface area contributed by atoms with E-state index >= 15 is 0 Å². The number of halogens is 1. The number of rotatable bonds is 9. The summed E-state index contributed by atoms with van der Waals surface area (Å²) >= 11 is 0. The van der Waals surface area contributed by atoms with Crippen molar-refractivity contribution in [3.8, 4) is 28.8 Å². The third-order valence-electron chi connectivity index (χ3n) is 4.40. The number of nitrogens with one attached hydrogen (secondary N) is 3. The molecule has 184 valence electrons. The third-order valence-corrected chi connectivity index (χ3v) is 4.40. The number of benzene rings is 1. The number of nitriles is 1. The van der Waals surface area contributed by atoms with E-state index in [4.69, 9.17) is 19.5 Å². The largest absolute Gasteiger partial charge is 0.496 e. The van der Waals surface area contributed by atoms with Crippen molar-refractivity contribution in [2.45, 2.75) is 32.8 Å². The Morgan fingerprint density at radius 2 is 2.03 bits per heavy atom. The van der Waals surface area contributed by atoms with Crippen LogP contribution >= 0.6 is 0 Å². The number of carbonyl (C=O) groups excluding carboxylic acids is 1. The smallest absolute Gasteiger partial charge is 0.407 e. The molecular formula is C23H26FN7O4. The van der Waals surface area contributed by atoms with Crippen LogP contribution in [-0.2, 0) is 4.74 Å². The minimum atomic E-state index is -0.594. The number of amides is 1. The molecule has 0 unspecified atom stereocenters. The standard InChI is InChI=1S/C23H26FN7O4/c1-23(2,3)35-22(32)26-8-5-9-34-21-15(24)6-7-17(33-4)20(21)16-10-18(31-30-16)29-19-13-27-14(11-25)12-28-19/h6-7,10,12-13H,5,8-9H2,1-4H3,(H,26,32)(H2,28,29,30,31). The van der Waals surface area contributed by atoms with Gasteiger partial charge in [0, 0.05) is 12.6 Å². The van der Waals surface area contributed by atoms with Crippen LogP contribution < -0.4 is 20.1 Å². The van der Waals surface area contributed by atoms with E-state index in [9.17, 15) is 9.18 Å². The molecule has 11 nitrogen and oxygen atoms in total.